The van der Waals surface area contributed by atoms with Gasteiger partial charge in [0.25, 0.3) is 5.91 Å². The van der Waals surface area contributed by atoms with Crippen molar-refractivity contribution in [1.29, 1.82) is 0 Å². The van der Waals surface area contributed by atoms with Gasteiger partial charge in [0.05, 0.1) is 27.4 Å². The van der Waals surface area contributed by atoms with Crippen LogP contribution in [0.1, 0.15) is 34.8 Å². The minimum absolute atomic E-state index is 0.0416. The molecule has 0 aliphatic carbocycles. The molecule has 25 heavy (non-hydrogen) atoms. The van der Waals surface area contributed by atoms with E-state index in [1.54, 1.807) is 21.3 Å². The standard InChI is InChI=1S/C20H23NO4/c1-23-16-9-6-14(7-10-16)20(22)21-12-4-5-17(21)15-8-11-18(24-2)19(13-15)25-3/h6-11,13,17H,4-5,12H2,1-3H3. The number of likely N-dealkylation sites (tertiary alicyclic amines) is 1. The lowest BCUT2D eigenvalue weighted by Gasteiger charge is -2.26. The summed E-state index contributed by atoms with van der Waals surface area (Å²) in [4.78, 5) is 14.9. The van der Waals surface area contributed by atoms with E-state index in [1.165, 1.54) is 0 Å². The first-order valence-corrected chi connectivity index (χ1v) is 8.35. The minimum Gasteiger partial charge on any atom is -0.497 e. The van der Waals surface area contributed by atoms with E-state index < -0.39 is 0 Å². The van der Waals surface area contributed by atoms with Gasteiger partial charge in [0.15, 0.2) is 11.5 Å². The molecule has 0 N–H and O–H groups in total. The molecule has 0 saturated carbocycles. The van der Waals surface area contributed by atoms with Crippen LogP contribution >= 0.6 is 0 Å². The molecule has 0 radical (unpaired) electrons. The summed E-state index contributed by atoms with van der Waals surface area (Å²) in [7, 11) is 4.85. The molecule has 5 heteroatoms. The molecule has 0 bridgehead atoms. The highest BCUT2D eigenvalue weighted by molar-refractivity contribution is 5.94. The maximum Gasteiger partial charge on any atom is 0.254 e. The third-order valence-corrected chi connectivity index (χ3v) is 4.64. The van der Waals surface area contributed by atoms with Crippen molar-refractivity contribution in [2.75, 3.05) is 27.9 Å². The van der Waals surface area contributed by atoms with E-state index in [2.05, 4.69) is 0 Å². The molecule has 1 unspecified atom stereocenters. The quantitative estimate of drug-likeness (QED) is 0.832. The lowest BCUT2D eigenvalue weighted by molar-refractivity contribution is 0.0735. The fraction of sp³-hybridized carbons (Fsp3) is 0.350. The van der Waals surface area contributed by atoms with Crippen molar-refractivity contribution >= 4 is 5.91 Å². The molecule has 2 aromatic carbocycles. The van der Waals surface area contributed by atoms with Crippen molar-refractivity contribution in [1.82, 2.24) is 4.90 Å². The number of nitrogens with zero attached hydrogens (tertiary/aromatic N) is 1. The van der Waals surface area contributed by atoms with Gasteiger partial charge in [-0.05, 0) is 54.8 Å². The molecule has 1 heterocycles. The fourth-order valence-corrected chi connectivity index (χ4v) is 3.32. The highest BCUT2D eigenvalue weighted by Crippen LogP contribution is 2.37. The molecular weight excluding hydrogens is 318 g/mol. The molecule has 1 fully saturated rings. The summed E-state index contributed by atoms with van der Waals surface area (Å²) in [5.41, 5.74) is 1.74. The molecule has 1 atom stereocenters. The van der Waals surface area contributed by atoms with Crippen molar-refractivity contribution in [3.05, 3.63) is 53.6 Å². The van der Waals surface area contributed by atoms with Gasteiger partial charge in [-0.1, -0.05) is 6.07 Å². The second-order valence-electron chi connectivity index (χ2n) is 6.00. The molecule has 1 amide bonds. The second-order valence-corrected chi connectivity index (χ2v) is 6.00. The van der Waals surface area contributed by atoms with Crippen molar-refractivity contribution in [2.24, 2.45) is 0 Å². The van der Waals surface area contributed by atoms with Crippen molar-refractivity contribution in [3.8, 4) is 17.2 Å². The summed E-state index contributed by atoms with van der Waals surface area (Å²) in [6, 6.07) is 13.2. The molecule has 0 spiro atoms. The maximum atomic E-state index is 12.9. The first-order valence-electron chi connectivity index (χ1n) is 8.35. The smallest absolute Gasteiger partial charge is 0.254 e. The van der Waals surface area contributed by atoms with Gasteiger partial charge in [0.2, 0.25) is 0 Å². The van der Waals surface area contributed by atoms with Crippen LogP contribution in [0, 0.1) is 0 Å². The number of hydrogen-bond acceptors (Lipinski definition) is 4. The predicted octanol–water partition coefficient (Wildman–Crippen LogP) is 3.69. The van der Waals surface area contributed by atoms with Crippen molar-refractivity contribution in [3.63, 3.8) is 0 Å². The predicted molar refractivity (Wildman–Crippen MR) is 95.6 cm³/mol. The van der Waals surface area contributed by atoms with E-state index in [9.17, 15) is 4.79 Å². The Kier molecular flexibility index (Phi) is 5.12. The fourth-order valence-electron chi connectivity index (χ4n) is 3.32. The zero-order valence-corrected chi connectivity index (χ0v) is 14.8. The molecular formula is C20H23NO4. The Morgan fingerprint density at radius 3 is 2.32 bits per heavy atom. The Morgan fingerprint density at radius 2 is 1.68 bits per heavy atom. The van der Waals surface area contributed by atoms with Gasteiger partial charge in [0.1, 0.15) is 5.75 Å². The zero-order chi connectivity index (χ0) is 17.8. The molecule has 132 valence electrons. The van der Waals surface area contributed by atoms with Crippen LogP contribution in [0.15, 0.2) is 42.5 Å². The van der Waals surface area contributed by atoms with E-state index in [4.69, 9.17) is 14.2 Å². The van der Waals surface area contributed by atoms with Gasteiger partial charge < -0.3 is 19.1 Å². The van der Waals surface area contributed by atoms with Crippen LogP contribution < -0.4 is 14.2 Å². The van der Waals surface area contributed by atoms with E-state index in [-0.39, 0.29) is 11.9 Å². The zero-order valence-electron chi connectivity index (χ0n) is 14.8. The molecule has 2 aromatic rings. The van der Waals surface area contributed by atoms with Gasteiger partial charge in [-0.2, -0.15) is 0 Å². The Hall–Kier alpha value is -2.69. The summed E-state index contributed by atoms with van der Waals surface area (Å²) < 4.78 is 15.9. The average Bonchev–Trinajstić information content (AvgIpc) is 3.16. The maximum absolute atomic E-state index is 12.9. The average molecular weight is 341 g/mol. The summed E-state index contributed by atoms with van der Waals surface area (Å²) in [6.45, 7) is 0.754. The van der Waals surface area contributed by atoms with Gasteiger partial charge in [-0.3, -0.25) is 4.79 Å². The number of carbonyl (C=O) groups excluding carboxylic acids is 1. The van der Waals surface area contributed by atoms with Crippen LogP contribution in [0.2, 0.25) is 0 Å². The van der Waals surface area contributed by atoms with Crippen LogP contribution in [0.25, 0.3) is 0 Å². The van der Waals surface area contributed by atoms with Crippen LogP contribution in [-0.2, 0) is 0 Å². The second kappa shape index (κ2) is 7.47. The number of amides is 1. The minimum atomic E-state index is 0.0416. The topological polar surface area (TPSA) is 48.0 Å². The largest absolute Gasteiger partial charge is 0.497 e. The lowest BCUT2D eigenvalue weighted by atomic mass is 10.0. The summed E-state index contributed by atoms with van der Waals surface area (Å²) in [6.07, 6.45) is 1.93. The Morgan fingerprint density at radius 1 is 0.960 bits per heavy atom. The monoisotopic (exact) mass is 341 g/mol. The first-order chi connectivity index (χ1) is 12.2. The third kappa shape index (κ3) is 3.40. The molecule has 1 saturated heterocycles. The Bertz CT molecular complexity index is 742. The van der Waals surface area contributed by atoms with Crippen molar-refractivity contribution in [2.45, 2.75) is 18.9 Å². The molecule has 3 rings (SSSR count). The van der Waals surface area contributed by atoms with Gasteiger partial charge in [-0.25, -0.2) is 0 Å². The Labute approximate surface area is 148 Å². The highest BCUT2D eigenvalue weighted by Gasteiger charge is 2.31. The van der Waals surface area contributed by atoms with Crippen LogP contribution in [0.3, 0.4) is 0 Å². The summed E-state index contributed by atoms with van der Waals surface area (Å²) >= 11 is 0. The van der Waals surface area contributed by atoms with E-state index in [0.29, 0.717) is 17.1 Å². The highest BCUT2D eigenvalue weighted by atomic mass is 16.5. The summed E-state index contributed by atoms with van der Waals surface area (Å²) in [5, 5.41) is 0. The van der Waals surface area contributed by atoms with E-state index in [0.717, 1.165) is 30.7 Å². The molecule has 5 nitrogen and oxygen atoms in total. The van der Waals surface area contributed by atoms with Crippen molar-refractivity contribution < 1.29 is 19.0 Å². The summed E-state index contributed by atoms with van der Waals surface area (Å²) in [5.74, 6) is 2.16. The van der Waals surface area contributed by atoms with Crippen LogP contribution in [0.4, 0.5) is 0 Å². The molecule has 1 aliphatic rings. The SMILES string of the molecule is COc1ccc(C(=O)N2CCCC2c2ccc(OC)c(OC)c2)cc1. The van der Waals surface area contributed by atoms with Crippen LogP contribution in [0.5, 0.6) is 17.2 Å². The Balaban J connectivity index is 1.85. The first kappa shape index (κ1) is 17.1. The number of ether oxygens (including phenoxy) is 3. The molecule has 0 aromatic heterocycles. The van der Waals surface area contributed by atoms with Gasteiger partial charge in [0, 0.05) is 12.1 Å². The number of rotatable bonds is 5. The van der Waals surface area contributed by atoms with Crippen LogP contribution in [-0.4, -0.2) is 38.7 Å². The van der Waals surface area contributed by atoms with Gasteiger partial charge >= 0.3 is 0 Å². The number of carbonyl (C=O) groups is 1. The number of benzene rings is 2. The number of hydrogen-bond donors (Lipinski definition) is 0. The van der Waals surface area contributed by atoms with E-state index >= 15 is 0 Å². The lowest BCUT2D eigenvalue weighted by Crippen LogP contribution is -2.30. The van der Waals surface area contributed by atoms with E-state index in [1.807, 2.05) is 47.4 Å². The molecule has 1 aliphatic heterocycles. The normalized spacial score (nSPS) is 16.6. The third-order valence-electron chi connectivity index (χ3n) is 4.64. The van der Waals surface area contributed by atoms with Gasteiger partial charge in [-0.15, -0.1) is 0 Å². The number of methoxy groups -OCH3 is 3.